The number of methoxy groups -OCH3 is 1. The molecule has 1 fully saturated rings. The average molecular weight is 375 g/mol. The van der Waals surface area contributed by atoms with Gasteiger partial charge in [-0.1, -0.05) is 24.3 Å². The number of nitrogens with one attached hydrogen (secondary N) is 1. The molecule has 4 nitrogen and oxygen atoms in total. The van der Waals surface area contributed by atoms with Gasteiger partial charge in [-0.2, -0.15) is 0 Å². The van der Waals surface area contributed by atoms with E-state index in [2.05, 4.69) is 32.2 Å². The van der Waals surface area contributed by atoms with Gasteiger partial charge in [0, 0.05) is 23.6 Å². The summed E-state index contributed by atoms with van der Waals surface area (Å²) in [6.07, 6.45) is 0.933. The molecule has 0 aromatic heterocycles. The van der Waals surface area contributed by atoms with Crippen molar-refractivity contribution < 1.29 is 9.53 Å². The fourth-order valence-electron chi connectivity index (χ4n) is 2.90. The Morgan fingerprint density at radius 3 is 2.74 bits per heavy atom. The molecule has 1 saturated heterocycles. The van der Waals surface area contributed by atoms with Crippen LogP contribution in [0.25, 0.3) is 0 Å². The highest BCUT2D eigenvalue weighted by molar-refractivity contribution is 9.10. The minimum Gasteiger partial charge on any atom is -0.496 e. The number of halogens is 1. The molecular weight excluding hydrogens is 356 g/mol. The molecule has 1 aliphatic rings. The Hall–Kier alpha value is -2.01. The topological polar surface area (TPSA) is 41.6 Å². The van der Waals surface area contributed by atoms with E-state index in [4.69, 9.17) is 4.74 Å². The molecule has 1 aliphatic heterocycles. The highest BCUT2D eigenvalue weighted by atomic mass is 79.9. The lowest BCUT2D eigenvalue weighted by Gasteiger charge is -2.20. The third-order valence-corrected chi connectivity index (χ3v) is 4.74. The van der Waals surface area contributed by atoms with Crippen molar-refractivity contribution in [1.29, 1.82) is 0 Å². The van der Waals surface area contributed by atoms with Gasteiger partial charge < -0.3 is 15.0 Å². The maximum absolute atomic E-state index is 12.5. The number of nitrogens with zero attached hydrogens (tertiary/aromatic N) is 1. The maximum Gasteiger partial charge on any atom is 0.255 e. The molecule has 1 amide bonds. The van der Waals surface area contributed by atoms with E-state index in [0.717, 1.165) is 24.0 Å². The van der Waals surface area contributed by atoms with E-state index in [1.807, 2.05) is 30.3 Å². The Kier molecular flexibility index (Phi) is 4.86. The molecule has 5 heteroatoms. The molecule has 0 bridgehead atoms. The largest absolute Gasteiger partial charge is 0.496 e. The van der Waals surface area contributed by atoms with Crippen molar-refractivity contribution in [3.63, 3.8) is 0 Å². The number of rotatable bonds is 4. The zero-order valence-corrected chi connectivity index (χ0v) is 14.5. The van der Waals surface area contributed by atoms with Crippen LogP contribution in [0.5, 0.6) is 5.75 Å². The predicted octanol–water partition coefficient (Wildman–Crippen LogP) is 3.47. The van der Waals surface area contributed by atoms with Gasteiger partial charge >= 0.3 is 0 Å². The Morgan fingerprint density at radius 1 is 1.22 bits per heavy atom. The number of amides is 1. The van der Waals surface area contributed by atoms with Gasteiger partial charge in [0.1, 0.15) is 5.75 Å². The summed E-state index contributed by atoms with van der Waals surface area (Å²) in [5.41, 5.74) is 1.75. The highest BCUT2D eigenvalue weighted by Gasteiger charge is 2.26. The number of carbonyl (C=O) groups excluding carboxylic acids is 1. The number of para-hydroxylation sites is 2. The lowest BCUT2D eigenvalue weighted by Crippen LogP contribution is -2.37. The van der Waals surface area contributed by atoms with Gasteiger partial charge in [0.2, 0.25) is 0 Å². The molecule has 0 radical (unpaired) electrons. The van der Waals surface area contributed by atoms with Crippen LogP contribution in [0.15, 0.2) is 53.0 Å². The predicted molar refractivity (Wildman–Crippen MR) is 95.2 cm³/mol. The number of hydrogen-bond donors (Lipinski definition) is 1. The Labute approximate surface area is 144 Å². The second-order valence-electron chi connectivity index (χ2n) is 5.56. The van der Waals surface area contributed by atoms with Gasteiger partial charge in [-0.15, -0.1) is 0 Å². The van der Waals surface area contributed by atoms with Gasteiger partial charge in [-0.05, 0) is 46.6 Å². The normalized spacial score (nSPS) is 17.1. The van der Waals surface area contributed by atoms with Crippen LogP contribution in [0.3, 0.4) is 0 Å². The Balaban J connectivity index is 1.66. The lowest BCUT2D eigenvalue weighted by atomic mass is 10.1. The number of ether oxygens (including phenoxy) is 1. The molecule has 0 saturated carbocycles. The van der Waals surface area contributed by atoms with Crippen LogP contribution < -0.4 is 15.0 Å². The molecule has 1 unspecified atom stereocenters. The number of hydrogen-bond acceptors (Lipinski definition) is 3. The second kappa shape index (κ2) is 7.04. The summed E-state index contributed by atoms with van der Waals surface area (Å²) in [7, 11) is 1.58. The molecule has 0 aliphatic carbocycles. The molecule has 2 aromatic rings. The second-order valence-corrected chi connectivity index (χ2v) is 6.41. The Bertz CT molecular complexity index is 705. The van der Waals surface area contributed by atoms with Gasteiger partial charge in [0.15, 0.2) is 0 Å². The van der Waals surface area contributed by atoms with Crippen LogP contribution >= 0.6 is 15.9 Å². The summed E-state index contributed by atoms with van der Waals surface area (Å²) in [6.45, 7) is 1.74. The zero-order valence-electron chi connectivity index (χ0n) is 13.0. The summed E-state index contributed by atoms with van der Waals surface area (Å²) in [5, 5.41) is 3.11. The third kappa shape index (κ3) is 3.50. The van der Waals surface area contributed by atoms with E-state index in [9.17, 15) is 4.79 Å². The monoisotopic (exact) mass is 374 g/mol. The molecular formula is C18H19BrN2O2. The van der Waals surface area contributed by atoms with Gasteiger partial charge in [0.05, 0.1) is 18.4 Å². The number of carbonyl (C=O) groups is 1. The van der Waals surface area contributed by atoms with Gasteiger partial charge in [0.25, 0.3) is 5.91 Å². The smallest absolute Gasteiger partial charge is 0.255 e. The van der Waals surface area contributed by atoms with E-state index in [1.165, 1.54) is 5.69 Å². The van der Waals surface area contributed by atoms with Gasteiger partial charge in [-0.3, -0.25) is 4.79 Å². The van der Waals surface area contributed by atoms with Crippen molar-refractivity contribution in [1.82, 2.24) is 5.32 Å². The standard InChI is InChI=1S/C18H19BrN2O2/c1-23-17-9-5-2-6-14(17)18(22)20-13-10-11-21(12-13)16-8-4-3-7-15(16)19/h2-9,13H,10-12H2,1H3,(H,20,22). The van der Waals surface area contributed by atoms with Crippen LogP contribution in [0.1, 0.15) is 16.8 Å². The summed E-state index contributed by atoms with van der Waals surface area (Å²) in [4.78, 5) is 14.8. The van der Waals surface area contributed by atoms with Crippen molar-refractivity contribution in [2.24, 2.45) is 0 Å². The van der Waals surface area contributed by atoms with E-state index >= 15 is 0 Å². The van der Waals surface area contributed by atoms with Crippen LogP contribution in [0.4, 0.5) is 5.69 Å². The fraction of sp³-hybridized carbons (Fsp3) is 0.278. The van der Waals surface area contributed by atoms with Crippen molar-refractivity contribution in [2.45, 2.75) is 12.5 Å². The average Bonchev–Trinajstić information content (AvgIpc) is 3.03. The summed E-state index contributed by atoms with van der Waals surface area (Å²) < 4.78 is 6.34. The summed E-state index contributed by atoms with van der Waals surface area (Å²) >= 11 is 3.59. The first-order valence-corrected chi connectivity index (χ1v) is 8.41. The minimum absolute atomic E-state index is 0.0820. The molecule has 120 valence electrons. The van der Waals surface area contributed by atoms with Crippen molar-refractivity contribution in [2.75, 3.05) is 25.1 Å². The number of anilines is 1. The first kappa shape index (κ1) is 15.9. The van der Waals surface area contributed by atoms with E-state index in [0.29, 0.717) is 11.3 Å². The fourth-order valence-corrected chi connectivity index (χ4v) is 3.44. The van der Waals surface area contributed by atoms with Crippen LogP contribution in [0, 0.1) is 0 Å². The first-order chi connectivity index (χ1) is 11.2. The minimum atomic E-state index is -0.0820. The number of benzene rings is 2. The lowest BCUT2D eigenvalue weighted by molar-refractivity contribution is 0.0937. The van der Waals surface area contributed by atoms with Crippen LogP contribution in [0.2, 0.25) is 0 Å². The SMILES string of the molecule is COc1ccccc1C(=O)NC1CCN(c2ccccc2Br)C1. The molecule has 2 aromatic carbocycles. The molecule has 23 heavy (non-hydrogen) atoms. The molecule has 1 N–H and O–H groups in total. The molecule has 1 heterocycles. The van der Waals surface area contributed by atoms with E-state index in [-0.39, 0.29) is 11.9 Å². The molecule has 0 spiro atoms. The third-order valence-electron chi connectivity index (χ3n) is 4.07. The van der Waals surface area contributed by atoms with Crippen LogP contribution in [-0.4, -0.2) is 32.1 Å². The first-order valence-electron chi connectivity index (χ1n) is 7.62. The quantitative estimate of drug-likeness (QED) is 0.890. The van der Waals surface area contributed by atoms with Crippen molar-refractivity contribution >= 4 is 27.5 Å². The summed E-state index contributed by atoms with van der Waals surface area (Å²) in [5.74, 6) is 0.520. The van der Waals surface area contributed by atoms with Crippen molar-refractivity contribution in [3.8, 4) is 5.75 Å². The Morgan fingerprint density at radius 2 is 1.96 bits per heavy atom. The molecule has 1 atom stereocenters. The molecule has 3 rings (SSSR count). The van der Waals surface area contributed by atoms with Crippen molar-refractivity contribution in [3.05, 3.63) is 58.6 Å². The van der Waals surface area contributed by atoms with Crippen LogP contribution in [-0.2, 0) is 0 Å². The zero-order chi connectivity index (χ0) is 16.2. The highest BCUT2D eigenvalue weighted by Crippen LogP contribution is 2.28. The summed E-state index contributed by atoms with van der Waals surface area (Å²) in [6, 6.07) is 15.6. The van der Waals surface area contributed by atoms with E-state index < -0.39 is 0 Å². The van der Waals surface area contributed by atoms with Gasteiger partial charge in [-0.25, -0.2) is 0 Å². The van der Waals surface area contributed by atoms with E-state index in [1.54, 1.807) is 19.2 Å². The maximum atomic E-state index is 12.5.